The van der Waals surface area contributed by atoms with Gasteiger partial charge in [0, 0.05) is 16.1 Å². The third kappa shape index (κ3) is 1.41. The van der Waals surface area contributed by atoms with E-state index < -0.39 is 6.43 Å². The largest absolute Gasteiger partial charge is 0.280 e. The summed E-state index contributed by atoms with van der Waals surface area (Å²) in [4.78, 5) is 3.86. The molecule has 1 N–H and O–H groups in total. The monoisotopic (exact) mass is 247 g/mol. The lowest BCUT2D eigenvalue weighted by Gasteiger charge is -1.94. The van der Waals surface area contributed by atoms with Gasteiger partial charge in [-0.05, 0) is 22.0 Å². The van der Waals surface area contributed by atoms with Gasteiger partial charge in [0.1, 0.15) is 5.69 Å². The van der Waals surface area contributed by atoms with Crippen LogP contribution < -0.4 is 0 Å². The highest BCUT2D eigenvalue weighted by Gasteiger charge is 2.15. The van der Waals surface area contributed by atoms with Crippen molar-refractivity contribution >= 4 is 27.0 Å². The summed E-state index contributed by atoms with van der Waals surface area (Å²) >= 11 is 3.15. The molecule has 2 heterocycles. The molecular formula is C7H4BrF2N3. The Balaban J connectivity index is 2.71. The molecule has 0 aliphatic carbocycles. The van der Waals surface area contributed by atoms with Crippen LogP contribution in [-0.2, 0) is 0 Å². The summed E-state index contributed by atoms with van der Waals surface area (Å²) in [6.45, 7) is 0. The standard InChI is InChI=1S/C7H4BrF2N3/c8-3-1-4-5(6(9)10)12-13-7(4)11-2-3/h1-2,6H,(H,11,12,13). The lowest BCUT2D eigenvalue weighted by atomic mass is 10.3. The summed E-state index contributed by atoms with van der Waals surface area (Å²) in [7, 11) is 0. The molecule has 0 bridgehead atoms. The maximum atomic E-state index is 12.3. The number of halogens is 3. The summed E-state index contributed by atoms with van der Waals surface area (Å²) in [6, 6.07) is 1.56. The number of alkyl halides is 2. The minimum Gasteiger partial charge on any atom is -0.274 e. The van der Waals surface area contributed by atoms with Gasteiger partial charge in [-0.3, -0.25) is 5.10 Å². The number of fused-ring (bicyclic) bond motifs is 1. The zero-order valence-corrected chi connectivity index (χ0v) is 7.85. The average molecular weight is 248 g/mol. The maximum absolute atomic E-state index is 12.3. The van der Waals surface area contributed by atoms with E-state index >= 15 is 0 Å². The Morgan fingerprint density at radius 3 is 2.92 bits per heavy atom. The van der Waals surface area contributed by atoms with E-state index in [2.05, 4.69) is 31.1 Å². The molecule has 0 aromatic carbocycles. The van der Waals surface area contributed by atoms with Crippen molar-refractivity contribution in [2.24, 2.45) is 0 Å². The summed E-state index contributed by atoms with van der Waals surface area (Å²) in [5.74, 6) is 0. The topological polar surface area (TPSA) is 41.6 Å². The van der Waals surface area contributed by atoms with Crippen molar-refractivity contribution < 1.29 is 8.78 Å². The van der Waals surface area contributed by atoms with Crippen LogP contribution >= 0.6 is 15.9 Å². The molecule has 0 radical (unpaired) electrons. The molecule has 13 heavy (non-hydrogen) atoms. The van der Waals surface area contributed by atoms with Crippen LogP contribution in [0.1, 0.15) is 12.1 Å². The van der Waals surface area contributed by atoms with Crippen molar-refractivity contribution in [1.29, 1.82) is 0 Å². The smallest absolute Gasteiger partial charge is 0.274 e. The van der Waals surface area contributed by atoms with Gasteiger partial charge in [0.25, 0.3) is 6.43 Å². The van der Waals surface area contributed by atoms with E-state index in [0.717, 1.165) is 0 Å². The van der Waals surface area contributed by atoms with Crippen LogP contribution in [0, 0.1) is 0 Å². The number of pyridine rings is 1. The summed E-state index contributed by atoms with van der Waals surface area (Å²) in [6.07, 6.45) is -1.04. The number of H-pyrrole nitrogens is 1. The maximum Gasteiger partial charge on any atom is 0.280 e. The van der Waals surface area contributed by atoms with Crippen molar-refractivity contribution in [1.82, 2.24) is 15.2 Å². The number of hydrogen-bond donors (Lipinski definition) is 1. The molecule has 3 nitrogen and oxygen atoms in total. The van der Waals surface area contributed by atoms with E-state index in [0.29, 0.717) is 15.5 Å². The first kappa shape index (κ1) is 8.55. The Morgan fingerprint density at radius 1 is 1.46 bits per heavy atom. The second-order valence-electron chi connectivity index (χ2n) is 2.46. The molecule has 0 atom stereocenters. The third-order valence-corrected chi connectivity index (χ3v) is 2.06. The van der Waals surface area contributed by atoms with E-state index in [-0.39, 0.29) is 5.69 Å². The SMILES string of the molecule is FC(F)c1[nH]nc2ncc(Br)cc12. The molecule has 0 aliphatic heterocycles. The molecule has 0 saturated carbocycles. The number of nitrogens with one attached hydrogen (secondary N) is 1. The summed E-state index contributed by atoms with van der Waals surface area (Å²) in [5.41, 5.74) is 0.113. The van der Waals surface area contributed by atoms with E-state index in [9.17, 15) is 8.78 Å². The highest BCUT2D eigenvalue weighted by molar-refractivity contribution is 9.10. The third-order valence-electron chi connectivity index (χ3n) is 1.62. The zero-order chi connectivity index (χ0) is 9.42. The van der Waals surface area contributed by atoms with E-state index in [1.165, 1.54) is 6.20 Å². The van der Waals surface area contributed by atoms with Crippen LogP contribution in [0.3, 0.4) is 0 Å². The zero-order valence-electron chi connectivity index (χ0n) is 6.26. The van der Waals surface area contributed by atoms with Gasteiger partial charge >= 0.3 is 0 Å². The minimum atomic E-state index is -2.55. The first-order valence-electron chi connectivity index (χ1n) is 3.46. The van der Waals surface area contributed by atoms with Crippen LogP contribution in [0.15, 0.2) is 16.7 Å². The van der Waals surface area contributed by atoms with Crippen molar-refractivity contribution in [2.45, 2.75) is 6.43 Å². The molecule has 0 amide bonds. The highest BCUT2D eigenvalue weighted by Crippen LogP contribution is 2.25. The number of nitrogens with zero attached hydrogens (tertiary/aromatic N) is 2. The molecule has 0 saturated heterocycles. The van der Waals surface area contributed by atoms with E-state index in [4.69, 9.17) is 0 Å². The predicted octanol–water partition coefficient (Wildman–Crippen LogP) is 2.66. The minimum absolute atomic E-state index is 0.191. The lowest BCUT2D eigenvalue weighted by Crippen LogP contribution is -1.84. The fourth-order valence-electron chi connectivity index (χ4n) is 1.06. The molecule has 2 aromatic rings. The van der Waals surface area contributed by atoms with Crippen molar-refractivity contribution in [3.8, 4) is 0 Å². The summed E-state index contributed by atoms with van der Waals surface area (Å²) in [5, 5.41) is 6.25. The number of aromatic nitrogens is 3. The Kier molecular flexibility index (Phi) is 1.99. The predicted molar refractivity (Wildman–Crippen MR) is 46.5 cm³/mol. The van der Waals surface area contributed by atoms with Crippen molar-refractivity contribution in [2.75, 3.05) is 0 Å². The second kappa shape index (κ2) is 3.02. The van der Waals surface area contributed by atoms with E-state index in [1.807, 2.05) is 0 Å². The average Bonchev–Trinajstić information content (AvgIpc) is 2.46. The molecule has 0 unspecified atom stereocenters. The molecule has 0 spiro atoms. The van der Waals surface area contributed by atoms with E-state index in [1.54, 1.807) is 6.07 Å². The van der Waals surface area contributed by atoms with Gasteiger partial charge in [-0.15, -0.1) is 0 Å². The number of hydrogen-bond acceptors (Lipinski definition) is 2. The number of aromatic amines is 1. The van der Waals surface area contributed by atoms with Gasteiger partial charge < -0.3 is 0 Å². The normalized spacial score (nSPS) is 11.4. The first-order chi connectivity index (χ1) is 6.18. The van der Waals surface area contributed by atoms with Gasteiger partial charge in [0.2, 0.25) is 0 Å². The Labute approximate surface area is 80.3 Å². The van der Waals surface area contributed by atoms with Gasteiger partial charge in [-0.2, -0.15) is 5.10 Å². The van der Waals surface area contributed by atoms with Gasteiger partial charge in [-0.1, -0.05) is 0 Å². The first-order valence-corrected chi connectivity index (χ1v) is 4.25. The number of rotatable bonds is 1. The molecule has 2 rings (SSSR count). The molecule has 0 aliphatic rings. The van der Waals surface area contributed by atoms with Gasteiger partial charge in [-0.25, -0.2) is 13.8 Å². The Bertz CT molecular complexity index is 440. The van der Waals surface area contributed by atoms with Gasteiger partial charge in [0.05, 0.1) is 0 Å². The van der Waals surface area contributed by atoms with Crippen molar-refractivity contribution in [3.63, 3.8) is 0 Å². The van der Waals surface area contributed by atoms with Crippen LogP contribution in [-0.4, -0.2) is 15.2 Å². The fraction of sp³-hybridized carbons (Fsp3) is 0.143. The highest BCUT2D eigenvalue weighted by atomic mass is 79.9. The van der Waals surface area contributed by atoms with Crippen molar-refractivity contribution in [3.05, 3.63) is 22.4 Å². The lowest BCUT2D eigenvalue weighted by molar-refractivity contribution is 0.147. The quantitative estimate of drug-likeness (QED) is 0.842. The molecular weight excluding hydrogens is 244 g/mol. The second-order valence-corrected chi connectivity index (χ2v) is 3.38. The fourth-order valence-corrected chi connectivity index (χ4v) is 1.39. The molecule has 68 valence electrons. The molecule has 0 fully saturated rings. The van der Waals surface area contributed by atoms with Gasteiger partial charge in [0.15, 0.2) is 5.65 Å². The van der Waals surface area contributed by atoms with Crippen LogP contribution in [0.5, 0.6) is 0 Å². The van der Waals surface area contributed by atoms with Crippen LogP contribution in [0.4, 0.5) is 8.78 Å². The van der Waals surface area contributed by atoms with Crippen LogP contribution in [0.25, 0.3) is 11.0 Å². The Hall–Kier alpha value is -1.04. The summed E-state index contributed by atoms with van der Waals surface area (Å²) < 4.78 is 25.4. The Morgan fingerprint density at radius 2 is 2.23 bits per heavy atom. The van der Waals surface area contributed by atoms with Crippen LogP contribution in [0.2, 0.25) is 0 Å². The molecule has 2 aromatic heterocycles. The molecule has 6 heteroatoms.